The number of rotatable bonds is 8. The van der Waals surface area contributed by atoms with E-state index in [4.69, 9.17) is 9.47 Å². The third-order valence-corrected chi connectivity index (χ3v) is 6.07. The van der Waals surface area contributed by atoms with Crippen LogP contribution in [0.1, 0.15) is 25.3 Å². The van der Waals surface area contributed by atoms with Crippen molar-refractivity contribution in [2.24, 2.45) is 0 Å². The number of hydrogen-bond donors (Lipinski definition) is 2. The molecule has 1 atom stereocenters. The van der Waals surface area contributed by atoms with Gasteiger partial charge in [0.25, 0.3) is 0 Å². The lowest BCUT2D eigenvalue weighted by Crippen LogP contribution is -2.29. The number of nitriles is 1. The molecule has 0 saturated heterocycles. The zero-order chi connectivity index (χ0) is 24.7. The van der Waals surface area contributed by atoms with Crippen LogP contribution in [0, 0.1) is 17.1 Å². The standard InChI is InChI=1S/C25H24FN3O4S/c1-4-33-19-11-5-16(6-12-19)23-20(13-27)24(28-15(2)22(23)25(31)32-3)34-14-21(30)29-18-9-7-17(26)8-10-18/h5-12,23,28H,4,14H2,1-3H3,(H,29,30). The van der Waals surface area contributed by atoms with Crippen molar-refractivity contribution in [1.29, 1.82) is 5.26 Å². The number of methoxy groups -OCH3 is 1. The van der Waals surface area contributed by atoms with Gasteiger partial charge in [0.05, 0.1) is 47.6 Å². The fraction of sp³-hybridized carbons (Fsp3) is 0.240. The number of thioether (sulfide) groups is 1. The number of allylic oxidation sites excluding steroid dienone is 2. The first-order valence-corrected chi connectivity index (χ1v) is 11.5. The molecular weight excluding hydrogens is 457 g/mol. The first-order chi connectivity index (χ1) is 16.4. The Morgan fingerprint density at radius 3 is 2.44 bits per heavy atom. The van der Waals surface area contributed by atoms with E-state index < -0.39 is 17.7 Å². The molecule has 7 nitrogen and oxygen atoms in total. The van der Waals surface area contributed by atoms with Crippen LogP contribution in [0.2, 0.25) is 0 Å². The molecule has 9 heteroatoms. The average Bonchev–Trinajstić information content (AvgIpc) is 2.84. The van der Waals surface area contributed by atoms with Crippen molar-refractivity contribution >= 4 is 29.3 Å². The van der Waals surface area contributed by atoms with Gasteiger partial charge in [0.15, 0.2) is 0 Å². The topological polar surface area (TPSA) is 100 Å². The summed E-state index contributed by atoms with van der Waals surface area (Å²) in [5, 5.41) is 16.3. The van der Waals surface area contributed by atoms with Crippen molar-refractivity contribution < 1.29 is 23.5 Å². The second-order valence-corrected chi connectivity index (χ2v) is 8.27. The number of esters is 1. The maximum atomic E-state index is 13.1. The maximum absolute atomic E-state index is 13.1. The fourth-order valence-corrected chi connectivity index (χ4v) is 4.42. The summed E-state index contributed by atoms with van der Waals surface area (Å²) in [5.74, 6) is -1.25. The second-order valence-electron chi connectivity index (χ2n) is 7.29. The highest BCUT2D eigenvalue weighted by atomic mass is 32.2. The molecule has 1 unspecified atom stereocenters. The Morgan fingerprint density at radius 1 is 1.18 bits per heavy atom. The van der Waals surface area contributed by atoms with Gasteiger partial charge >= 0.3 is 5.97 Å². The molecule has 1 amide bonds. The molecule has 176 valence electrons. The monoisotopic (exact) mass is 481 g/mol. The van der Waals surface area contributed by atoms with Gasteiger partial charge in [0.2, 0.25) is 5.91 Å². The van der Waals surface area contributed by atoms with E-state index in [-0.39, 0.29) is 11.7 Å². The van der Waals surface area contributed by atoms with Crippen molar-refractivity contribution in [3.8, 4) is 11.8 Å². The minimum absolute atomic E-state index is 0.00171. The van der Waals surface area contributed by atoms with E-state index in [1.165, 1.54) is 31.4 Å². The van der Waals surface area contributed by atoms with Crippen LogP contribution in [0.25, 0.3) is 0 Å². The largest absolute Gasteiger partial charge is 0.494 e. The lowest BCUT2D eigenvalue weighted by molar-refractivity contribution is -0.136. The van der Waals surface area contributed by atoms with Crippen molar-refractivity contribution in [2.75, 3.05) is 24.8 Å². The molecule has 0 saturated carbocycles. The van der Waals surface area contributed by atoms with E-state index in [1.807, 2.05) is 6.92 Å². The van der Waals surface area contributed by atoms with Gasteiger partial charge in [0.1, 0.15) is 11.6 Å². The Balaban J connectivity index is 1.88. The zero-order valence-electron chi connectivity index (χ0n) is 19.0. The van der Waals surface area contributed by atoms with Gasteiger partial charge in [-0.2, -0.15) is 5.26 Å². The Morgan fingerprint density at radius 2 is 1.85 bits per heavy atom. The molecule has 2 N–H and O–H groups in total. The smallest absolute Gasteiger partial charge is 0.336 e. The quantitative estimate of drug-likeness (QED) is 0.537. The molecular formula is C25H24FN3O4S. The summed E-state index contributed by atoms with van der Waals surface area (Å²) in [6, 6.07) is 14.8. The molecule has 2 aromatic carbocycles. The number of benzene rings is 2. The molecule has 0 spiro atoms. The lowest BCUT2D eigenvalue weighted by atomic mass is 9.82. The summed E-state index contributed by atoms with van der Waals surface area (Å²) < 4.78 is 23.6. The molecule has 0 aliphatic carbocycles. The van der Waals surface area contributed by atoms with E-state index in [1.54, 1.807) is 31.2 Å². The van der Waals surface area contributed by atoms with Gasteiger partial charge in [-0.3, -0.25) is 4.79 Å². The fourth-order valence-electron chi connectivity index (χ4n) is 3.53. The number of carbonyl (C=O) groups excluding carboxylic acids is 2. The normalized spacial score (nSPS) is 15.3. The number of anilines is 1. The molecule has 3 rings (SSSR count). The third kappa shape index (κ3) is 5.77. The highest BCUT2D eigenvalue weighted by molar-refractivity contribution is 8.03. The number of halogens is 1. The Kier molecular flexibility index (Phi) is 8.33. The van der Waals surface area contributed by atoms with Crippen LogP contribution in [0.3, 0.4) is 0 Å². The van der Waals surface area contributed by atoms with Crippen LogP contribution in [0.15, 0.2) is 70.4 Å². The number of dihydropyridines is 1. The minimum Gasteiger partial charge on any atom is -0.494 e. The average molecular weight is 482 g/mol. The van der Waals surface area contributed by atoms with E-state index in [9.17, 15) is 19.2 Å². The molecule has 0 fully saturated rings. The second kappa shape index (κ2) is 11.4. The molecule has 0 bridgehead atoms. The SMILES string of the molecule is CCOc1ccc(C2C(C#N)=C(SCC(=O)Nc3ccc(F)cc3)NC(C)=C2C(=O)OC)cc1. The predicted octanol–water partition coefficient (Wildman–Crippen LogP) is 4.47. The van der Waals surface area contributed by atoms with Crippen LogP contribution in [-0.2, 0) is 14.3 Å². The minimum atomic E-state index is -0.669. The lowest BCUT2D eigenvalue weighted by Gasteiger charge is -2.29. The predicted molar refractivity (Wildman–Crippen MR) is 128 cm³/mol. The number of hydrogen-bond acceptors (Lipinski definition) is 7. The first-order valence-electron chi connectivity index (χ1n) is 10.5. The Bertz CT molecular complexity index is 1170. The maximum Gasteiger partial charge on any atom is 0.336 e. The van der Waals surface area contributed by atoms with Gasteiger partial charge in [-0.25, -0.2) is 9.18 Å². The third-order valence-electron chi connectivity index (χ3n) is 5.05. The number of carbonyl (C=O) groups is 2. The molecule has 1 heterocycles. The number of nitrogens with zero attached hydrogens (tertiary/aromatic N) is 1. The highest BCUT2D eigenvalue weighted by Crippen LogP contribution is 2.41. The van der Waals surface area contributed by atoms with Gasteiger partial charge in [-0.05, 0) is 55.8 Å². The van der Waals surface area contributed by atoms with E-state index in [0.717, 1.165) is 17.3 Å². The van der Waals surface area contributed by atoms with Gasteiger partial charge in [-0.15, -0.1) is 0 Å². The highest BCUT2D eigenvalue weighted by Gasteiger charge is 2.35. The van der Waals surface area contributed by atoms with Crippen molar-refractivity contribution in [3.05, 3.63) is 81.8 Å². The summed E-state index contributed by atoms with van der Waals surface area (Å²) in [6.07, 6.45) is 0. The Hall–Kier alpha value is -3.77. The van der Waals surface area contributed by atoms with Crippen LogP contribution in [-0.4, -0.2) is 31.3 Å². The molecule has 34 heavy (non-hydrogen) atoms. The summed E-state index contributed by atoms with van der Waals surface area (Å²) in [7, 11) is 1.29. The van der Waals surface area contributed by atoms with E-state index in [0.29, 0.717) is 39.9 Å². The molecule has 0 aromatic heterocycles. The van der Waals surface area contributed by atoms with Crippen molar-refractivity contribution in [2.45, 2.75) is 19.8 Å². The summed E-state index contributed by atoms with van der Waals surface area (Å²) in [5.41, 5.74) is 2.34. The van der Waals surface area contributed by atoms with E-state index in [2.05, 4.69) is 16.7 Å². The number of nitrogens with one attached hydrogen (secondary N) is 2. The van der Waals surface area contributed by atoms with Crippen LogP contribution < -0.4 is 15.4 Å². The van der Waals surface area contributed by atoms with Gasteiger partial charge < -0.3 is 20.1 Å². The number of ether oxygens (including phenoxy) is 2. The summed E-state index contributed by atoms with van der Waals surface area (Å²) in [6.45, 7) is 4.12. The molecule has 1 aliphatic heterocycles. The molecule has 1 aliphatic rings. The van der Waals surface area contributed by atoms with Gasteiger partial charge in [-0.1, -0.05) is 23.9 Å². The van der Waals surface area contributed by atoms with Crippen LogP contribution in [0.5, 0.6) is 5.75 Å². The number of amides is 1. The summed E-state index contributed by atoms with van der Waals surface area (Å²) >= 11 is 1.14. The molecule has 2 aromatic rings. The first kappa shape index (κ1) is 24.9. The van der Waals surface area contributed by atoms with Crippen molar-refractivity contribution in [3.63, 3.8) is 0 Å². The van der Waals surface area contributed by atoms with Crippen LogP contribution >= 0.6 is 11.8 Å². The van der Waals surface area contributed by atoms with Crippen LogP contribution in [0.4, 0.5) is 10.1 Å². The van der Waals surface area contributed by atoms with Gasteiger partial charge in [0, 0.05) is 11.4 Å². The van der Waals surface area contributed by atoms with E-state index >= 15 is 0 Å². The van der Waals surface area contributed by atoms with Crippen molar-refractivity contribution in [1.82, 2.24) is 5.32 Å². The Labute approximate surface area is 201 Å². The summed E-state index contributed by atoms with van der Waals surface area (Å²) in [4.78, 5) is 25.0. The molecule has 0 radical (unpaired) electrons. The zero-order valence-corrected chi connectivity index (χ0v) is 19.8.